The summed E-state index contributed by atoms with van der Waals surface area (Å²) in [5, 5.41) is 0. The highest BCUT2D eigenvalue weighted by Gasteiger charge is 2.33. The summed E-state index contributed by atoms with van der Waals surface area (Å²) in [7, 11) is -5.09. The Morgan fingerprint density at radius 1 is 1.45 bits per heavy atom. The van der Waals surface area contributed by atoms with Crippen molar-refractivity contribution in [3.63, 3.8) is 0 Å². The lowest BCUT2D eigenvalue weighted by atomic mass is 10.2. The van der Waals surface area contributed by atoms with Gasteiger partial charge in [0.25, 0.3) is 0 Å². The van der Waals surface area contributed by atoms with Crippen LogP contribution in [0.2, 0.25) is 0 Å². The number of rotatable bonds is 6. The first-order valence-corrected chi connectivity index (χ1v) is 9.76. The van der Waals surface area contributed by atoms with Crippen molar-refractivity contribution in [2.75, 3.05) is 37.9 Å². The Morgan fingerprint density at radius 2 is 2.05 bits per heavy atom. The van der Waals surface area contributed by atoms with Crippen LogP contribution in [0.3, 0.4) is 0 Å². The first kappa shape index (κ1) is 17.1. The fourth-order valence-corrected chi connectivity index (χ4v) is 4.50. The van der Waals surface area contributed by atoms with Gasteiger partial charge in [-0.05, 0) is 6.42 Å². The van der Waals surface area contributed by atoms with Gasteiger partial charge in [-0.15, -0.1) is 6.58 Å². The number of carbonyl (C=O) groups excluding carboxylic acids is 1. The molecule has 1 unspecified atom stereocenters. The largest absolute Gasteiger partial charge is 0.341 e. The van der Waals surface area contributed by atoms with Crippen molar-refractivity contribution in [2.24, 2.45) is 0 Å². The Bertz CT molecular complexity index is 582. The number of likely N-dealkylation sites (N-methyl/N-ethyl adjacent to an activating group) is 1. The SMILES string of the molecule is C=CCN(CC(=O)N(C)C1CCS(=O)(=O)C1)S(C)(=O)=O. The second-order valence-electron chi connectivity index (χ2n) is 4.91. The van der Waals surface area contributed by atoms with Crippen LogP contribution in [0.15, 0.2) is 12.7 Å². The lowest BCUT2D eigenvalue weighted by Gasteiger charge is -2.26. The molecular weight excluding hydrogens is 304 g/mol. The summed E-state index contributed by atoms with van der Waals surface area (Å²) in [6, 6.07) is -0.377. The maximum absolute atomic E-state index is 12.1. The summed E-state index contributed by atoms with van der Waals surface area (Å²) in [6.45, 7) is 3.19. The van der Waals surface area contributed by atoms with Crippen molar-refractivity contribution in [3.8, 4) is 0 Å². The van der Waals surface area contributed by atoms with Crippen LogP contribution in [0.4, 0.5) is 0 Å². The van der Waals surface area contributed by atoms with Crippen LogP contribution in [0, 0.1) is 0 Å². The molecule has 0 spiro atoms. The van der Waals surface area contributed by atoms with E-state index in [-0.39, 0.29) is 30.6 Å². The summed E-state index contributed by atoms with van der Waals surface area (Å²) < 4.78 is 46.8. The zero-order valence-electron chi connectivity index (χ0n) is 11.6. The Morgan fingerprint density at radius 3 is 2.45 bits per heavy atom. The summed E-state index contributed by atoms with van der Waals surface area (Å²) in [4.78, 5) is 13.4. The van der Waals surface area contributed by atoms with Crippen LogP contribution in [0.25, 0.3) is 0 Å². The fraction of sp³-hybridized carbons (Fsp3) is 0.727. The molecule has 0 aliphatic carbocycles. The van der Waals surface area contributed by atoms with Gasteiger partial charge in [0.05, 0.1) is 24.3 Å². The van der Waals surface area contributed by atoms with Crippen LogP contribution >= 0.6 is 0 Å². The zero-order valence-corrected chi connectivity index (χ0v) is 13.3. The van der Waals surface area contributed by atoms with Crippen molar-refractivity contribution in [2.45, 2.75) is 12.5 Å². The topological polar surface area (TPSA) is 91.8 Å². The standard InChI is InChI=1S/C11H20N2O5S2/c1-4-6-13(19(3,15)16)8-11(14)12(2)10-5-7-20(17,18)9-10/h4,10H,1,5-9H2,2-3H3. The predicted octanol–water partition coefficient (Wildman–Crippen LogP) is -0.920. The minimum atomic E-state index is -3.51. The molecule has 116 valence electrons. The first-order valence-electron chi connectivity index (χ1n) is 6.09. The molecule has 1 aliphatic rings. The van der Waals surface area contributed by atoms with E-state index in [2.05, 4.69) is 6.58 Å². The Hall–Kier alpha value is -0.930. The van der Waals surface area contributed by atoms with Gasteiger partial charge in [-0.1, -0.05) is 6.08 Å². The van der Waals surface area contributed by atoms with Crippen LogP contribution in [0.1, 0.15) is 6.42 Å². The number of hydrogen-bond donors (Lipinski definition) is 0. The molecule has 0 aromatic rings. The molecule has 0 saturated carbocycles. The number of sulfone groups is 1. The van der Waals surface area contributed by atoms with E-state index in [9.17, 15) is 21.6 Å². The molecule has 1 heterocycles. The van der Waals surface area contributed by atoms with Gasteiger partial charge in [-0.25, -0.2) is 16.8 Å². The summed E-state index contributed by atoms with van der Waals surface area (Å²) in [5.74, 6) is -0.410. The van der Waals surface area contributed by atoms with Crippen molar-refractivity contribution in [1.82, 2.24) is 9.21 Å². The van der Waals surface area contributed by atoms with Gasteiger partial charge in [0.15, 0.2) is 9.84 Å². The quantitative estimate of drug-likeness (QED) is 0.589. The second kappa shape index (κ2) is 6.23. The molecule has 1 saturated heterocycles. The number of nitrogens with zero attached hydrogens (tertiary/aromatic N) is 2. The highest BCUT2D eigenvalue weighted by atomic mass is 32.2. The third-order valence-electron chi connectivity index (χ3n) is 3.26. The van der Waals surface area contributed by atoms with Crippen LogP contribution in [-0.2, 0) is 24.7 Å². The minimum absolute atomic E-state index is 0.0430. The molecule has 7 nitrogen and oxygen atoms in total. The Labute approximate surface area is 120 Å². The molecule has 9 heteroatoms. The first-order chi connectivity index (χ1) is 9.07. The third kappa shape index (κ3) is 4.57. The number of hydrogen-bond acceptors (Lipinski definition) is 5. The van der Waals surface area contributed by atoms with E-state index in [1.54, 1.807) is 0 Å². The molecule has 0 aromatic carbocycles. The van der Waals surface area contributed by atoms with Gasteiger partial charge in [-0.3, -0.25) is 4.79 Å². The van der Waals surface area contributed by atoms with Crippen molar-refractivity contribution in [3.05, 3.63) is 12.7 Å². The van der Waals surface area contributed by atoms with Crippen LogP contribution in [-0.4, -0.2) is 75.9 Å². The van der Waals surface area contributed by atoms with Gasteiger partial charge in [0.1, 0.15) is 0 Å². The summed E-state index contributed by atoms with van der Waals surface area (Å²) in [6.07, 6.45) is 2.81. The Kier molecular flexibility index (Phi) is 5.33. The molecule has 1 amide bonds. The molecule has 1 aliphatic heterocycles. The van der Waals surface area contributed by atoms with Gasteiger partial charge in [0.2, 0.25) is 15.9 Å². The lowest BCUT2D eigenvalue weighted by Crippen LogP contribution is -2.45. The number of carbonyl (C=O) groups is 1. The van der Waals surface area contributed by atoms with Gasteiger partial charge < -0.3 is 4.90 Å². The van der Waals surface area contributed by atoms with E-state index in [0.717, 1.165) is 10.6 Å². The molecule has 0 N–H and O–H groups in total. The molecule has 1 rings (SSSR count). The summed E-state index contributed by atoms with van der Waals surface area (Å²) >= 11 is 0. The zero-order chi connectivity index (χ0) is 15.6. The second-order valence-corrected chi connectivity index (χ2v) is 9.12. The smallest absolute Gasteiger partial charge is 0.237 e. The van der Waals surface area contributed by atoms with Crippen molar-refractivity contribution >= 4 is 25.8 Å². The fourth-order valence-electron chi connectivity index (χ4n) is 2.01. The maximum Gasteiger partial charge on any atom is 0.237 e. The molecule has 20 heavy (non-hydrogen) atoms. The van der Waals surface area contributed by atoms with Crippen molar-refractivity contribution in [1.29, 1.82) is 0 Å². The van der Waals surface area contributed by atoms with Gasteiger partial charge >= 0.3 is 0 Å². The molecule has 1 atom stereocenters. The Balaban J connectivity index is 2.72. The van der Waals surface area contributed by atoms with E-state index in [1.165, 1.54) is 18.0 Å². The van der Waals surface area contributed by atoms with E-state index in [4.69, 9.17) is 0 Å². The van der Waals surface area contributed by atoms with E-state index >= 15 is 0 Å². The molecule has 0 bridgehead atoms. The average Bonchev–Trinajstić information content (AvgIpc) is 2.66. The maximum atomic E-state index is 12.1. The van der Waals surface area contributed by atoms with Gasteiger partial charge in [-0.2, -0.15) is 4.31 Å². The van der Waals surface area contributed by atoms with Crippen LogP contribution < -0.4 is 0 Å². The van der Waals surface area contributed by atoms with E-state index < -0.39 is 25.8 Å². The number of sulfonamides is 1. The highest BCUT2D eigenvalue weighted by molar-refractivity contribution is 7.91. The average molecular weight is 324 g/mol. The minimum Gasteiger partial charge on any atom is -0.341 e. The normalized spacial score (nSPS) is 21.9. The van der Waals surface area contributed by atoms with Gasteiger partial charge in [0, 0.05) is 19.6 Å². The van der Waals surface area contributed by atoms with E-state index in [1.807, 2.05) is 0 Å². The summed E-state index contributed by atoms with van der Waals surface area (Å²) in [5.41, 5.74) is 0. The molecule has 0 aromatic heterocycles. The van der Waals surface area contributed by atoms with Crippen molar-refractivity contribution < 1.29 is 21.6 Å². The number of amides is 1. The molecule has 1 fully saturated rings. The molecule has 0 radical (unpaired) electrons. The monoisotopic (exact) mass is 324 g/mol. The van der Waals surface area contributed by atoms with E-state index in [0.29, 0.717) is 6.42 Å². The predicted molar refractivity (Wildman–Crippen MR) is 76.4 cm³/mol. The third-order valence-corrected chi connectivity index (χ3v) is 6.23. The highest BCUT2D eigenvalue weighted by Crippen LogP contribution is 2.17. The lowest BCUT2D eigenvalue weighted by molar-refractivity contribution is -0.131. The molecular formula is C11H20N2O5S2. The van der Waals surface area contributed by atoms with Crippen LogP contribution in [0.5, 0.6) is 0 Å².